The molecule has 0 aromatic heterocycles. The molecule has 0 radical (unpaired) electrons. The average Bonchev–Trinajstić information content (AvgIpc) is 2.99. The fourth-order valence-electron chi connectivity index (χ4n) is 3.20. The summed E-state index contributed by atoms with van der Waals surface area (Å²) in [5, 5.41) is 2.74. The Morgan fingerprint density at radius 1 is 0.759 bits per heavy atom. The Morgan fingerprint density at radius 3 is 1.97 bits per heavy atom. The zero-order valence-corrected chi connectivity index (χ0v) is 15.5. The molecule has 1 aliphatic heterocycles. The van der Waals surface area contributed by atoms with Crippen molar-refractivity contribution in [2.75, 3.05) is 10.2 Å². The minimum Gasteiger partial charge on any atom is -0.322 e. The topological polar surface area (TPSA) is 83.6 Å². The second-order valence-electron chi connectivity index (χ2n) is 6.63. The van der Waals surface area contributed by atoms with Crippen LogP contribution in [-0.2, 0) is 0 Å². The number of nitrogens with zero attached hydrogens (tertiary/aromatic N) is 1. The molecule has 1 N–H and O–H groups in total. The van der Waals surface area contributed by atoms with Gasteiger partial charge in [-0.1, -0.05) is 24.3 Å². The molecule has 3 aromatic rings. The molecule has 0 aliphatic carbocycles. The van der Waals surface area contributed by atoms with Crippen LogP contribution in [0.2, 0.25) is 0 Å². The maximum atomic E-state index is 12.6. The van der Waals surface area contributed by atoms with Crippen molar-refractivity contribution in [3.63, 3.8) is 0 Å². The van der Waals surface area contributed by atoms with Crippen molar-refractivity contribution < 1.29 is 19.2 Å². The molecule has 3 aromatic carbocycles. The normalized spacial score (nSPS) is 12.7. The van der Waals surface area contributed by atoms with E-state index in [1.165, 1.54) is 6.92 Å². The number of fused-ring (bicyclic) bond motifs is 1. The smallest absolute Gasteiger partial charge is 0.266 e. The fourth-order valence-corrected chi connectivity index (χ4v) is 3.20. The first-order valence-electron chi connectivity index (χ1n) is 8.96. The van der Waals surface area contributed by atoms with E-state index in [2.05, 4.69) is 5.32 Å². The van der Waals surface area contributed by atoms with E-state index < -0.39 is 0 Å². The van der Waals surface area contributed by atoms with E-state index in [4.69, 9.17) is 0 Å². The van der Waals surface area contributed by atoms with Crippen molar-refractivity contribution >= 4 is 34.9 Å². The quantitative estimate of drug-likeness (QED) is 0.545. The zero-order chi connectivity index (χ0) is 20.5. The summed E-state index contributed by atoms with van der Waals surface area (Å²) in [6.07, 6.45) is 0. The second kappa shape index (κ2) is 7.16. The number of rotatable bonds is 4. The third-order valence-corrected chi connectivity index (χ3v) is 4.71. The third kappa shape index (κ3) is 3.32. The summed E-state index contributed by atoms with van der Waals surface area (Å²) in [6, 6.07) is 19.5. The largest absolute Gasteiger partial charge is 0.322 e. The van der Waals surface area contributed by atoms with Crippen LogP contribution in [0.5, 0.6) is 0 Å². The highest BCUT2D eigenvalue weighted by molar-refractivity contribution is 6.34. The Kier molecular flexibility index (Phi) is 4.52. The third-order valence-electron chi connectivity index (χ3n) is 4.71. The minimum absolute atomic E-state index is 0.0913. The van der Waals surface area contributed by atoms with Gasteiger partial charge in [0.1, 0.15) is 0 Å². The molecular formula is C23H16N2O4. The molecule has 0 fully saturated rings. The number of amides is 3. The molecule has 29 heavy (non-hydrogen) atoms. The van der Waals surface area contributed by atoms with Gasteiger partial charge in [0.25, 0.3) is 17.7 Å². The lowest BCUT2D eigenvalue weighted by molar-refractivity contribution is 0.0924. The maximum absolute atomic E-state index is 12.6. The first-order valence-corrected chi connectivity index (χ1v) is 8.96. The summed E-state index contributed by atoms with van der Waals surface area (Å²) in [5.41, 5.74) is 2.50. The van der Waals surface area contributed by atoms with E-state index in [1.807, 2.05) is 0 Å². The number of benzene rings is 3. The number of Topliss-reactive ketones (excluding diaryl/α,β-unsaturated/α-hetero) is 1. The van der Waals surface area contributed by atoms with Crippen LogP contribution >= 0.6 is 0 Å². The van der Waals surface area contributed by atoms with Crippen LogP contribution in [0.4, 0.5) is 11.4 Å². The van der Waals surface area contributed by atoms with Crippen molar-refractivity contribution in [1.82, 2.24) is 0 Å². The van der Waals surface area contributed by atoms with Gasteiger partial charge in [-0.15, -0.1) is 0 Å². The fraction of sp³-hybridized carbons (Fsp3) is 0.0435. The van der Waals surface area contributed by atoms with Crippen molar-refractivity contribution in [3.05, 3.63) is 95.1 Å². The van der Waals surface area contributed by atoms with Crippen LogP contribution in [-0.4, -0.2) is 23.5 Å². The summed E-state index contributed by atoms with van der Waals surface area (Å²) < 4.78 is 0. The average molecular weight is 384 g/mol. The molecule has 0 spiro atoms. The molecule has 142 valence electrons. The summed E-state index contributed by atoms with van der Waals surface area (Å²) in [6.45, 7) is 1.46. The Bertz CT molecular complexity index is 1130. The number of carbonyl (C=O) groups is 4. The molecule has 0 atom stereocenters. The van der Waals surface area contributed by atoms with Gasteiger partial charge < -0.3 is 5.32 Å². The molecule has 1 heterocycles. The number of anilines is 2. The molecule has 0 saturated heterocycles. The molecule has 6 nitrogen and oxygen atoms in total. The lowest BCUT2D eigenvalue weighted by Gasteiger charge is -2.14. The number of imide groups is 1. The predicted octanol–water partition coefficient (Wildman–Crippen LogP) is 3.94. The first kappa shape index (κ1) is 18.3. The summed E-state index contributed by atoms with van der Waals surface area (Å²) in [5.74, 6) is -1.22. The van der Waals surface area contributed by atoms with Gasteiger partial charge in [0.05, 0.1) is 16.8 Å². The Morgan fingerprint density at radius 2 is 1.38 bits per heavy atom. The monoisotopic (exact) mass is 384 g/mol. The van der Waals surface area contributed by atoms with Crippen LogP contribution in [0, 0.1) is 0 Å². The van der Waals surface area contributed by atoms with E-state index in [0.29, 0.717) is 33.6 Å². The van der Waals surface area contributed by atoms with Gasteiger partial charge >= 0.3 is 0 Å². The van der Waals surface area contributed by atoms with Crippen molar-refractivity contribution in [2.24, 2.45) is 0 Å². The van der Waals surface area contributed by atoms with Gasteiger partial charge in [0, 0.05) is 16.8 Å². The summed E-state index contributed by atoms with van der Waals surface area (Å²) in [7, 11) is 0. The Hall–Kier alpha value is -4.06. The van der Waals surface area contributed by atoms with Gasteiger partial charge in [0.2, 0.25) is 0 Å². The highest BCUT2D eigenvalue weighted by Gasteiger charge is 2.36. The number of hydrogen-bond donors (Lipinski definition) is 1. The molecular weight excluding hydrogens is 368 g/mol. The van der Waals surface area contributed by atoms with Crippen LogP contribution < -0.4 is 10.2 Å². The number of nitrogens with one attached hydrogen (secondary N) is 1. The molecule has 3 amide bonds. The zero-order valence-electron chi connectivity index (χ0n) is 15.5. The lowest BCUT2D eigenvalue weighted by Crippen LogP contribution is -2.29. The van der Waals surface area contributed by atoms with Gasteiger partial charge in [-0.3, -0.25) is 19.2 Å². The molecule has 0 bridgehead atoms. The van der Waals surface area contributed by atoms with Gasteiger partial charge in [-0.05, 0) is 55.5 Å². The highest BCUT2D eigenvalue weighted by Crippen LogP contribution is 2.28. The number of hydrogen-bond acceptors (Lipinski definition) is 4. The van der Waals surface area contributed by atoms with Gasteiger partial charge in [-0.2, -0.15) is 0 Å². The van der Waals surface area contributed by atoms with Crippen LogP contribution in [0.3, 0.4) is 0 Å². The molecule has 1 aliphatic rings. The second-order valence-corrected chi connectivity index (χ2v) is 6.63. The lowest BCUT2D eigenvalue weighted by atomic mass is 10.1. The van der Waals surface area contributed by atoms with E-state index in [1.54, 1.807) is 72.8 Å². The van der Waals surface area contributed by atoms with Crippen LogP contribution in [0.15, 0.2) is 72.8 Å². The van der Waals surface area contributed by atoms with Crippen molar-refractivity contribution in [2.45, 2.75) is 6.92 Å². The van der Waals surface area contributed by atoms with Gasteiger partial charge in [0.15, 0.2) is 5.78 Å². The van der Waals surface area contributed by atoms with Crippen LogP contribution in [0.1, 0.15) is 48.4 Å². The molecule has 0 saturated carbocycles. The molecule has 0 unspecified atom stereocenters. The van der Waals surface area contributed by atoms with Crippen LogP contribution in [0.25, 0.3) is 0 Å². The number of ketones is 1. The standard InChI is InChI=1S/C23H16N2O4/c1-14(26)16-5-4-6-17(13-16)24-21(27)15-9-11-18(12-10-15)25-22(28)19-7-2-3-8-20(19)23(25)29/h2-13H,1H3,(H,24,27). The SMILES string of the molecule is CC(=O)c1cccc(NC(=O)c2ccc(N3C(=O)c4ccccc4C3=O)cc2)c1. The maximum Gasteiger partial charge on any atom is 0.266 e. The van der Waals surface area contributed by atoms with E-state index in [-0.39, 0.29) is 23.5 Å². The molecule has 4 rings (SSSR count). The predicted molar refractivity (Wildman–Crippen MR) is 108 cm³/mol. The number of carbonyl (C=O) groups excluding carboxylic acids is 4. The first-order chi connectivity index (χ1) is 14.0. The summed E-state index contributed by atoms with van der Waals surface area (Å²) >= 11 is 0. The Balaban J connectivity index is 1.53. The van der Waals surface area contributed by atoms with E-state index in [0.717, 1.165) is 4.90 Å². The van der Waals surface area contributed by atoms with E-state index >= 15 is 0 Å². The Labute approximate surface area is 166 Å². The minimum atomic E-state index is -0.385. The van der Waals surface area contributed by atoms with Crippen molar-refractivity contribution in [1.29, 1.82) is 0 Å². The van der Waals surface area contributed by atoms with Crippen molar-refractivity contribution in [3.8, 4) is 0 Å². The van der Waals surface area contributed by atoms with E-state index in [9.17, 15) is 19.2 Å². The highest BCUT2D eigenvalue weighted by atomic mass is 16.2. The molecule has 6 heteroatoms. The van der Waals surface area contributed by atoms with Gasteiger partial charge in [-0.25, -0.2) is 4.90 Å². The summed E-state index contributed by atoms with van der Waals surface area (Å²) in [4.78, 5) is 50.2.